The summed E-state index contributed by atoms with van der Waals surface area (Å²) in [5.41, 5.74) is 2.26. The second-order valence-corrected chi connectivity index (χ2v) is 9.11. The minimum absolute atomic E-state index is 0.0531. The number of fused-ring (bicyclic) bond motifs is 1. The summed E-state index contributed by atoms with van der Waals surface area (Å²) in [6, 6.07) is 14.9. The first-order valence-corrected chi connectivity index (χ1v) is 11.4. The topological polar surface area (TPSA) is 57.2 Å². The summed E-state index contributed by atoms with van der Waals surface area (Å²) in [5.74, 6) is 0.0960. The molecule has 34 heavy (non-hydrogen) atoms. The molecule has 0 amide bonds. The third kappa shape index (κ3) is 3.98. The fraction of sp³-hybridized carbons (Fsp3) is 0.308. The lowest BCUT2D eigenvalue weighted by Gasteiger charge is -2.48. The molecule has 2 aromatic heterocycles. The number of anilines is 1. The summed E-state index contributed by atoms with van der Waals surface area (Å²) in [6.45, 7) is 5.58. The summed E-state index contributed by atoms with van der Waals surface area (Å²) in [5, 5.41) is 0.906. The SMILES string of the molecule is C[C@@H]1CN(c2nc(=O)[nH]c3c2ccn3C)[C@@H](C)CN1C(c1ccc(F)cc1)c1ccc(F)cc1. The maximum atomic E-state index is 13.7. The molecule has 1 aliphatic heterocycles. The third-order valence-electron chi connectivity index (χ3n) is 6.76. The highest BCUT2D eigenvalue weighted by Crippen LogP contribution is 2.35. The fourth-order valence-electron chi connectivity index (χ4n) is 5.04. The number of nitrogens with zero attached hydrogens (tertiary/aromatic N) is 4. The van der Waals surface area contributed by atoms with Gasteiger partial charge in [0.1, 0.15) is 23.1 Å². The molecule has 1 saturated heterocycles. The Bertz CT molecular complexity index is 1320. The van der Waals surface area contributed by atoms with E-state index >= 15 is 0 Å². The first-order chi connectivity index (χ1) is 16.3. The minimum atomic E-state index is -0.373. The summed E-state index contributed by atoms with van der Waals surface area (Å²) in [7, 11) is 1.89. The summed E-state index contributed by atoms with van der Waals surface area (Å²) in [4.78, 5) is 24.0. The zero-order valence-electron chi connectivity index (χ0n) is 19.4. The number of aromatic nitrogens is 3. The van der Waals surface area contributed by atoms with Crippen LogP contribution in [0.5, 0.6) is 0 Å². The van der Waals surface area contributed by atoms with Crippen molar-refractivity contribution in [3.05, 3.63) is 94.0 Å². The van der Waals surface area contributed by atoms with Crippen LogP contribution in [-0.2, 0) is 7.05 Å². The van der Waals surface area contributed by atoms with Crippen molar-refractivity contribution in [3.63, 3.8) is 0 Å². The van der Waals surface area contributed by atoms with Gasteiger partial charge in [0.05, 0.1) is 11.4 Å². The van der Waals surface area contributed by atoms with Crippen LogP contribution in [0.15, 0.2) is 65.6 Å². The van der Waals surface area contributed by atoms with Gasteiger partial charge in [0.15, 0.2) is 0 Å². The van der Waals surface area contributed by atoms with Crippen molar-refractivity contribution >= 4 is 16.9 Å². The smallest absolute Gasteiger partial charge is 0.348 e. The maximum Gasteiger partial charge on any atom is 0.348 e. The van der Waals surface area contributed by atoms with Crippen molar-refractivity contribution in [2.24, 2.45) is 7.05 Å². The summed E-state index contributed by atoms with van der Waals surface area (Å²) >= 11 is 0. The number of piperazine rings is 1. The molecule has 0 aliphatic carbocycles. The van der Waals surface area contributed by atoms with E-state index in [1.807, 2.05) is 23.9 Å². The number of halogens is 2. The zero-order chi connectivity index (χ0) is 24.0. The molecule has 2 atom stereocenters. The van der Waals surface area contributed by atoms with Crippen molar-refractivity contribution in [2.75, 3.05) is 18.0 Å². The number of hydrogen-bond donors (Lipinski definition) is 1. The Labute approximate surface area is 196 Å². The van der Waals surface area contributed by atoms with Crippen LogP contribution in [-0.4, -0.2) is 44.6 Å². The molecule has 5 rings (SSSR count). The van der Waals surface area contributed by atoms with Gasteiger partial charge in [0, 0.05) is 38.4 Å². The molecule has 2 aromatic carbocycles. The van der Waals surface area contributed by atoms with Crippen molar-refractivity contribution in [1.29, 1.82) is 0 Å². The van der Waals surface area contributed by atoms with Gasteiger partial charge in [0.25, 0.3) is 0 Å². The van der Waals surface area contributed by atoms with Crippen LogP contribution in [0.1, 0.15) is 31.0 Å². The third-order valence-corrected chi connectivity index (χ3v) is 6.76. The van der Waals surface area contributed by atoms with E-state index in [1.54, 1.807) is 24.3 Å². The molecule has 8 heteroatoms. The lowest BCUT2D eigenvalue weighted by Crippen LogP contribution is -2.58. The molecule has 4 aromatic rings. The molecule has 0 unspecified atom stereocenters. The van der Waals surface area contributed by atoms with Crippen LogP contribution >= 0.6 is 0 Å². The number of aromatic amines is 1. The molecule has 3 heterocycles. The first kappa shape index (κ1) is 22.3. The van der Waals surface area contributed by atoms with Gasteiger partial charge in [0.2, 0.25) is 0 Å². The van der Waals surface area contributed by atoms with Crippen molar-refractivity contribution in [2.45, 2.75) is 32.0 Å². The quantitative estimate of drug-likeness (QED) is 0.492. The zero-order valence-corrected chi connectivity index (χ0v) is 19.4. The van der Waals surface area contributed by atoms with E-state index in [4.69, 9.17) is 0 Å². The highest BCUT2D eigenvalue weighted by molar-refractivity contribution is 5.88. The molecule has 1 fully saturated rings. The average molecular weight is 464 g/mol. The molecular formula is C26H27F2N5O. The number of aryl methyl sites for hydroxylation is 1. The van der Waals surface area contributed by atoms with Crippen molar-refractivity contribution < 1.29 is 8.78 Å². The van der Waals surface area contributed by atoms with Gasteiger partial charge in [-0.2, -0.15) is 4.98 Å². The molecule has 176 valence electrons. The van der Waals surface area contributed by atoms with Crippen LogP contribution in [0, 0.1) is 11.6 Å². The van der Waals surface area contributed by atoms with Gasteiger partial charge in [-0.1, -0.05) is 24.3 Å². The van der Waals surface area contributed by atoms with Crippen LogP contribution in [0.25, 0.3) is 11.0 Å². The fourth-order valence-corrected chi connectivity index (χ4v) is 5.04. The van der Waals surface area contributed by atoms with E-state index in [0.29, 0.717) is 18.9 Å². The minimum Gasteiger partial charge on any atom is -0.350 e. The standard InChI is InChI=1S/C26H27F2N5O/c1-16-15-33(25-22-12-13-31(3)24(22)29-26(34)30-25)17(2)14-32(16)23(18-4-8-20(27)9-5-18)19-6-10-21(28)11-7-19/h4-13,16-17,23H,14-15H2,1-3H3,(H,29,30,34)/t16-,17+/m1/s1. The van der Waals surface area contributed by atoms with Gasteiger partial charge < -0.3 is 9.47 Å². The molecule has 1 N–H and O–H groups in total. The number of H-pyrrole nitrogens is 1. The van der Waals surface area contributed by atoms with Gasteiger partial charge in [-0.15, -0.1) is 0 Å². The normalized spacial score (nSPS) is 19.3. The Morgan fingerprint density at radius 3 is 2.09 bits per heavy atom. The molecule has 1 aliphatic rings. The highest BCUT2D eigenvalue weighted by atomic mass is 19.1. The van der Waals surface area contributed by atoms with Gasteiger partial charge in [-0.3, -0.25) is 9.88 Å². The number of nitrogens with one attached hydrogen (secondary N) is 1. The number of rotatable bonds is 4. The van der Waals surface area contributed by atoms with E-state index in [9.17, 15) is 13.6 Å². The monoisotopic (exact) mass is 463 g/mol. The Morgan fingerprint density at radius 2 is 1.50 bits per heavy atom. The Hall–Kier alpha value is -3.52. The second-order valence-electron chi connectivity index (χ2n) is 9.11. The van der Waals surface area contributed by atoms with E-state index in [-0.39, 0.29) is 35.4 Å². The maximum absolute atomic E-state index is 13.7. The Kier molecular flexibility index (Phi) is 5.69. The number of hydrogen-bond acceptors (Lipinski definition) is 4. The van der Waals surface area contributed by atoms with Crippen LogP contribution in [0.4, 0.5) is 14.6 Å². The lowest BCUT2D eigenvalue weighted by molar-refractivity contribution is 0.129. The van der Waals surface area contributed by atoms with E-state index in [1.165, 1.54) is 24.3 Å². The van der Waals surface area contributed by atoms with Gasteiger partial charge in [-0.25, -0.2) is 13.6 Å². The predicted molar refractivity (Wildman–Crippen MR) is 129 cm³/mol. The summed E-state index contributed by atoms with van der Waals surface area (Å²) in [6.07, 6.45) is 1.91. The molecule has 0 spiro atoms. The lowest BCUT2D eigenvalue weighted by atomic mass is 9.93. The second kappa shape index (κ2) is 8.68. The Balaban J connectivity index is 1.52. The molecule has 6 nitrogen and oxygen atoms in total. The summed E-state index contributed by atoms with van der Waals surface area (Å²) < 4.78 is 29.2. The van der Waals surface area contributed by atoms with Crippen molar-refractivity contribution in [3.8, 4) is 0 Å². The highest BCUT2D eigenvalue weighted by Gasteiger charge is 2.36. The average Bonchev–Trinajstić information content (AvgIpc) is 3.18. The predicted octanol–water partition coefficient (Wildman–Crippen LogP) is 4.23. The molecular weight excluding hydrogens is 436 g/mol. The first-order valence-electron chi connectivity index (χ1n) is 11.4. The van der Waals surface area contributed by atoms with E-state index < -0.39 is 0 Å². The molecule has 0 radical (unpaired) electrons. The van der Waals surface area contributed by atoms with Crippen molar-refractivity contribution in [1.82, 2.24) is 19.4 Å². The number of benzene rings is 2. The van der Waals surface area contributed by atoms with Crippen LogP contribution < -0.4 is 10.6 Å². The van der Waals surface area contributed by atoms with Gasteiger partial charge in [-0.05, 0) is 55.3 Å². The van der Waals surface area contributed by atoms with E-state index in [2.05, 4.69) is 33.6 Å². The van der Waals surface area contributed by atoms with Crippen LogP contribution in [0.2, 0.25) is 0 Å². The van der Waals surface area contributed by atoms with E-state index in [0.717, 1.165) is 22.2 Å². The molecule has 0 saturated carbocycles. The van der Waals surface area contributed by atoms with Gasteiger partial charge >= 0.3 is 5.69 Å². The van der Waals surface area contributed by atoms with Crippen LogP contribution in [0.3, 0.4) is 0 Å². The molecule has 0 bridgehead atoms. The Morgan fingerprint density at radius 1 is 0.912 bits per heavy atom. The largest absolute Gasteiger partial charge is 0.350 e.